The van der Waals surface area contributed by atoms with Gasteiger partial charge in [0, 0.05) is 16.7 Å². The molecule has 1 aromatic heterocycles. The highest BCUT2D eigenvalue weighted by atomic mass is 35.5. The van der Waals surface area contributed by atoms with Gasteiger partial charge in [-0.3, -0.25) is 0 Å². The number of nitrogens with two attached hydrogens (primary N) is 1. The van der Waals surface area contributed by atoms with Gasteiger partial charge in [0.2, 0.25) is 0 Å². The van der Waals surface area contributed by atoms with Crippen LogP contribution in [-0.4, -0.2) is 9.78 Å². The zero-order valence-electron chi connectivity index (χ0n) is 11.1. The number of hydrogen-bond donors (Lipinski definition) is 1. The van der Waals surface area contributed by atoms with E-state index >= 15 is 0 Å². The highest BCUT2D eigenvalue weighted by molar-refractivity contribution is 6.30. The SMILES string of the molecule is Nc1cc(-c2ccc(Cl)cc2)nn1Cc1ccc(F)cc1. The van der Waals surface area contributed by atoms with Crippen LogP contribution in [0.2, 0.25) is 5.02 Å². The number of hydrogen-bond acceptors (Lipinski definition) is 2. The standard InChI is InChI=1S/C16H13ClFN3/c17-13-5-3-12(4-6-13)15-9-16(19)21(20-15)10-11-1-7-14(18)8-2-11/h1-9H,10,19H2. The summed E-state index contributed by atoms with van der Waals surface area (Å²) in [6.07, 6.45) is 0. The minimum Gasteiger partial charge on any atom is -0.384 e. The first-order valence-electron chi connectivity index (χ1n) is 6.45. The van der Waals surface area contributed by atoms with Gasteiger partial charge in [0.15, 0.2) is 0 Å². The molecule has 5 heteroatoms. The normalized spacial score (nSPS) is 10.8. The van der Waals surface area contributed by atoms with Gasteiger partial charge >= 0.3 is 0 Å². The van der Waals surface area contributed by atoms with E-state index < -0.39 is 0 Å². The van der Waals surface area contributed by atoms with E-state index in [9.17, 15) is 4.39 Å². The lowest BCUT2D eigenvalue weighted by atomic mass is 10.1. The van der Waals surface area contributed by atoms with Crippen molar-refractivity contribution in [2.45, 2.75) is 6.54 Å². The van der Waals surface area contributed by atoms with Crippen LogP contribution in [0.25, 0.3) is 11.3 Å². The summed E-state index contributed by atoms with van der Waals surface area (Å²) in [6, 6.07) is 15.5. The molecule has 0 atom stereocenters. The Kier molecular flexibility index (Phi) is 3.62. The van der Waals surface area contributed by atoms with Gasteiger partial charge in [-0.25, -0.2) is 9.07 Å². The molecule has 21 heavy (non-hydrogen) atoms. The minimum atomic E-state index is -0.256. The first-order valence-corrected chi connectivity index (χ1v) is 6.83. The third kappa shape index (κ3) is 3.06. The summed E-state index contributed by atoms with van der Waals surface area (Å²) in [5.41, 5.74) is 8.66. The van der Waals surface area contributed by atoms with Gasteiger partial charge in [-0.1, -0.05) is 35.9 Å². The lowest BCUT2D eigenvalue weighted by Gasteiger charge is -2.04. The smallest absolute Gasteiger partial charge is 0.123 e. The summed E-state index contributed by atoms with van der Waals surface area (Å²) >= 11 is 5.87. The van der Waals surface area contributed by atoms with Gasteiger partial charge < -0.3 is 5.73 Å². The molecular formula is C16H13ClFN3. The highest BCUT2D eigenvalue weighted by Crippen LogP contribution is 2.22. The van der Waals surface area contributed by atoms with E-state index in [4.69, 9.17) is 17.3 Å². The van der Waals surface area contributed by atoms with Crippen molar-refractivity contribution < 1.29 is 4.39 Å². The fraction of sp³-hybridized carbons (Fsp3) is 0.0625. The second-order valence-corrected chi connectivity index (χ2v) is 5.18. The van der Waals surface area contributed by atoms with Crippen LogP contribution in [0.1, 0.15) is 5.56 Å². The Morgan fingerprint density at radius 2 is 1.71 bits per heavy atom. The molecule has 0 amide bonds. The molecule has 0 saturated heterocycles. The van der Waals surface area contributed by atoms with Crippen LogP contribution in [0.4, 0.5) is 10.2 Å². The lowest BCUT2D eigenvalue weighted by Crippen LogP contribution is -2.05. The summed E-state index contributed by atoms with van der Waals surface area (Å²) in [5.74, 6) is 0.304. The van der Waals surface area contributed by atoms with E-state index in [1.807, 2.05) is 30.3 Å². The van der Waals surface area contributed by atoms with Crippen LogP contribution in [0.15, 0.2) is 54.6 Å². The minimum absolute atomic E-state index is 0.256. The van der Waals surface area contributed by atoms with E-state index in [1.165, 1.54) is 12.1 Å². The summed E-state index contributed by atoms with van der Waals surface area (Å²) in [4.78, 5) is 0. The molecule has 0 aliphatic rings. The molecule has 0 bridgehead atoms. The third-order valence-corrected chi connectivity index (χ3v) is 3.45. The molecule has 3 aromatic rings. The molecule has 0 aliphatic heterocycles. The van der Waals surface area contributed by atoms with Crippen molar-refractivity contribution in [3.05, 3.63) is 71.0 Å². The molecule has 106 valence electrons. The Morgan fingerprint density at radius 3 is 2.38 bits per heavy atom. The Balaban J connectivity index is 1.87. The quantitative estimate of drug-likeness (QED) is 0.795. The molecular weight excluding hydrogens is 289 g/mol. The van der Waals surface area contributed by atoms with Gasteiger partial charge in [0.05, 0.1) is 12.2 Å². The predicted molar refractivity (Wildman–Crippen MR) is 82.6 cm³/mol. The molecule has 0 unspecified atom stereocenters. The van der Waals surface area contributed by atoms with Crippen molar-refractivity contribution in [2.24, 2.45) is 0 Å². The maximum Gasteiger partial charge on any atom is 0.123 e. The van der Waals surface area contributed by atoms with Crippen molar-refractivity contribution in [1.29, 1.82) is 0 Å². The van der Waals surface area contributed by atoms with Crippen molar-refractivity contribution in [3.8, 4) is 11.3 Å². The maximum atomic E-state index is 12.9. The average Bonchev–Trinajstić information content (AvgIpc) is 2.83. The van der Waals surface area contributed by atoms with Crippen LogP contribution in [-0.2, 0) is 6.54 Å². The molecule has 0 fully saturated rings. The molecule has 0 radical (unpaired) electrons. The van der Waals surface area contributed by atoms with Gasteiger partial charge in [-0.15, -0.1) is 0 Å². The number of nitrogen functional groups attached to an aromatic ring is 1. The summed E-state index contributed by atoms with van der Waals surface area (Å²) in [6.45, 7) is 0.500. The fourth-order valence-corrected chi connectivity index (χ4v) is 2.21. The van der Waals surface area contributed by atoms with Crippen LogP contribution < -0.4 is 5.73 Å². The van der Waals surface area contributed by atoms with E-state index in [-0.39, 0.29) is 5.82 Å². The number of benzene rings is 2. The predicted octanol–water partition coefficient (Wildman–Crippen LogP) is 3.97. The Morgan fingerprint density at radius 1 is 1.05 bits per heavy atom. The Hall–Kier alpha value is -2.33. The second-order valence-electron chi connectivity index (χ2n) is 4.75. The molecule has 1 heterocycles. The Bertz CT molecular complexity index is 748. The van der Waals surface area contributed by atoms with Crippen LogP contribution in [0, 0.1) is 5.82 Å². The third-order valence-electron chi connectivity index (χ3n) is 3.20. The zero-order valence-corrected chi connectivity index (χ0v) is 11.9. The number of rotatable bonds is 3. The largest absolute Gasteiger partial charge is 0.384 e. The summed E-state index contributed by atoms with van der Waals surface area (Å²) in [5, 5.41) is 5.16. The van der Waals surface area contributed by atoms with Crippen molar-refractivity contribution >= 4 is 17.4 Å². The lowest BCUT2D eigenvalue weighted by molar-refractivity contribution is 0.625. The summed E-state index contributed by atoms with van der Waals surface area (Å²) in [7, 11) is 0. The molecule has 0 saturated carbocycles. The molecule has 3 nitrogen and oxygen atoms in total. The van der Waals surface area contributed by atoms with E-state index in [0.29, 0.717) is 17.4 Å². The van der Waals surface area contributed by atoms with Crippen molar-refractivity contribution in [2.75, 3.05) is 5.73 Å². The molecule has 0 aliphatic carbocycles. The van der Waals surface area contributed by atoms with Crippen LogP contribution >= 0.6 is 11.6 Å². The molecule has 2 N–H and O–H groups in total. The first kappa shape index (κ1) is 13.6. The van der Waals surface area contributed by atoms with Crippen molar-refractivity contribution in [1.82, 2.24) is 9.78 Å². The zero-order chi connectivity index (χ0) is 14.8. The Labute approximate surface area is 126 Å². The summed E-state index contributed by atoms with van der Waals surface area (Å²) < 4.78 is 14.6. The number of aromatic nitrogens is 2. The highest BCUT2D eigenvalue weighted by Gasteiger charge is 2.08. The van der Waals surface area contributed by atoms with Gasteiger partial charge in [-0.2, -0.15) is 5.10 Å². The first-order chi connectivity index (χ1) is 10.1. The second kappa shape index (κ2) is 5.58. The molecule has 2 aromatic carbocycles. The van der Waals surface area contributed by atoms with Gasteiger partial charge in [0.25, 0.3) is 0 Å². The van der Waals surface area contributed by atoms with E-state index in [2.05, 4.69) is 5.10 Å². The van der Waals surface area contributed by atoms with E-state index in [1.54, 1.807) is 16.8 Å². The van der Waals surface area contributed by atoms with Gasteiger partial charge in [0.1, 0.15) is 11.6 Å². The number of halogens is 2. The number of nitrogens with zero attached hydrogens (tertiary/aromatic N) is 2. The van der Waals surface area contributed by atoms with Crippen LogP contribution in [0.5, 0.6) is 0 Å². The topological polar surface area (TPSA) is 43.8 Å². The van der Waals surface area contributed by atoms with Gasteiger partial charge in [-0.05, 0) is 29.8 Å². The number of anilines is 1. The van der Waals surface area contributed by atoms with Crippen molar-refractivity contribution in [3.63, 3.8) is 0 Å². The average molecular weight is 302 g/mol. The molecule has 0 spiro atoms. The molecule has 3 rings (SSSR count). The fourth-order valence-electron chi connectivity index (χ4n) is 2.08. The van der Waals surface area contributed by atoms with Crippen LogP contribution in [0.3, 0.4) is 0 Å². The maximum absolute atomic E-state index is 12.9. The monoisotopic (exact) mass is 301 g/mol. The van der Waals surface area contributed by atoms with E-state index in [0.717, 1.165) is 16.8 Å².